The van der Waals surface area contributed by atoms with Gasteiger partial charge in [0.2, 0.25) is 0 Å². The van der Waals surface area contributed by atoms with Crippen LogP contribution >= 0.6 is 0 Å². The van der Waals surface area contributed by atoms with E-state index in [-0.39, 0.29) is 13.1 Å². The minimum Gasteiger partial charge on any atom is -0.394 e. The molecule has 0 aromatic rings. The molecule has 11 nitrogen and oxygen atoms in total. The third-order valence-electron chi connectivity index (χ3n) is 4.37. The normalized spacial score (nSPS) is 21.3. The lowest BCUT2D eigenvalue weighted by molar-refractivity contribution is -0.130. The molecule has 10 N–H and O–H groups in total. The molecule has 0 aromatic carbocycles. The fourth-order valence-electron chi connectivity index (χ4n) is 2.51. The summed E-state index contributed by atoms with van der Waals surface area (Å²) in [6.45, 7) is 0.164. The summed E-state index contributed by atoms with van der Waals surface area (Å²) < 4.78 is 0. The number of nitrogens with zero attached hydrogens (tertiary/aromatic N) is 1. The van der Waals surface area contributed by atoms with E-state index in [1.165, 1.54) is 4.90 Å². The lowest BCUT2D eigenvalue weighted by Crippen LogP contribution is -2.53. The van der Waals surface area contributed by atoms with Gasteiger partial charge in [0.05, 0.1) is 25.4 Å². The Bertz CT molecular complexity index is 347. The van der Waals surface area contributed by atoms with Crippen LogP contribution in [0.5, 0.6) is 0 Å². The van der Waals surface area contributed by atoms with Gasteiger partial charge in [0.1, 0.15) is 36.6 Å². The average molecular weight is 401 g/mol. The fourth-order valence-corrected chi connectivity index (χ4v) is 2.51. The van der Waals surface area contributed by atoms with Crippen molar-refractivity contribution in [3.05, 3.63) is 0 Å². The molecule has 0 spiro atoms. The molecule has 0 heterocycles. The van der Waals surface area contributed by atoms with Gasteiger partial charge < -0.3 is 51.1 Å². The largest absolute Gasteiger partial charge is 0.394 e. The number of hydrogen-bond acceptors (Lipinski definition) is 11. The van der Waals surface area contributed by atoms with E-state index in [0.29, 0.717) is 13.0 Å². The van der Waals surface area contributed by atoms with Crippen LogP contribution in [0.4, 0.5) is 0 Å². The van der Waals surface area contributed by atoms with Crippen LogP contribution in [0.3, 0.4) is 0 Å². The van der Waals surface area contributed by atoms with Crippen molar-refractivity contribution >= 4 is 0 Å². The lowest BCUT2D eigenvalue weighted by Gasteiger charge is -2.33. The van der Waals surface area contributed by atoms with Crippen molar-refractivity contribution in [3.8, 4) is 0 Å². The summed E-state index contributed by atoms with van der Waals surface area (Å²) in [5.74, 6) is 0. The zero-order chi connectivity index (χ0) is 21.1. The first-order valence-electron chi connectivity index (χ1n) is 8.99. The molecular formula is C16H35NO10. The maximum absolute atomic E-state index is 10.1. The van der Waals surface area contributed by atoms with Crippen LogP contribution < -0.4 is 0 Å². The average Bonchev–Trinajstić information content (AvgIpc) is 2.67. The van der Waals surface area contributed by atoms with Crippen molar-refractivity contribution in [1.82, 2.24) is 4.90 Å². The van der Waals surface area contributed by atoms with Crippen molar-refractivity contribution in [2.45, 2.75) is 68.6 Å². The van der Waals surface area contributed by atoms with Gasteiger partial charge in [0, 0.05) is 13.1 Å². The Hall–Kier alpha value is -0.440. The number of aliphatic hydroxyl groups is 10. The van der Waals surface area contributed by atoms with Gasteiger partial charge in [0.25, 0.3) is 0 Å². The molecule has 0 fully saturated rings. The van der Waals surface area contributed by atoms with E-state index in [4.69, 9.17) is 10.2 Å². The number of rotatable bonds is 15. The topological polar surface area (TPSA) is 206 Å². The summed E-state index contributed by atoms with van der Waals surface area (Å²) in [6, 6.07) is 0. The Morgan fingerprint density at radius 3 is 1.22 bits per heavy atom. The SMILES string of the molecule is CCCCN(C[C@H](O)[C@@H](O)[C@H](O)[C@H](O)CO)C[C@H](O)[C@@H](O)[C@H](O)[C@H](O)CO. The highest BCUT2D eigenvalue weighted by Gasteiger charge is 2.34. The van der Waals surface area contributed by atoms with Crippen LogP contribution in [0, 0.1) is 0 Å². The predicted molar refractivity (Wildman–Crippen MR) is 93.6 cm³/mol. The smallest absolute Gasteiger partial charge is 0.111 e. The molecule has 0 aliphatic carbocycles. The maximum Gasteiger partial charge on any atom is 0.111 e. The van der Waals surface area contributed by atoms with Crippen LogP contribution in [-0.2, 0) is 0 Å². The monoisotopic (exact) mass is 401 g/mol. The molecule has 0 aromatic heterocycles. The lowest BCUT2D eigenvalue weighted by atomic mass is 10.0. The summed E-state index contributed by atoms with van der Waals surface area (Å²) in [5, 5.41) is 95.5. The Morgan fingerprint density at radius 2 is 0.926 bits per heavy atom. The van der Waals surface area contributed by atoms with E-state index in [9.17, 15) is 40.9 Å². The van der Waals surface area contributed by atoms with Crippen molar-refractivity contribution in [2.24, 2.45) is 0 Å². The Labute approximate surface area is 158 Å². The zero-order valence-electron chi connectivity index (χ0n) is 15.5. The molecule has 0 bridgehead atoms. The standard InChI is InChI=1S/C16H35NO10/c1-2-3-4-17(5-9(20)13(24)15(26)11(22)7-18)6-10(21)14(25)16(27)12(23)8-19/h9-16,18-27H,2-8H2,1H3/t9-,10-,11+,12+,13+,14+,15+,16+/m0/s1. The first-order chi connectivity index (χ1) is 12.6. The minimum absolute atomic E-state index is 0.237. The Balaban J connectivity index is 4.91. The zero-order valence-corrected chi connectivity index (χ0v) is 15.5. The van der Waals surface area contributed by atoms with Gasteiger partial charge in [-0.3, -0.25) is 4.90 Å². The van der Waals surface area contributed by atoms with E-state index in [1.807, 2.05) is 6.92 Å². The second-order valence-electron chi connectivity index (χ2n) is 6.71. The third kappa shape index (κ3) is 9.07. The molecule has 0 rings (SSSR count). The quantitative estimate of drug-likeness (QED) is 0.126. The molecule has 164 valence electrons. The van der Waals surface area contributed by atoms with Crippen LogP contribution in [0.25, 0.3) is 0 Å². The number of hydrogen-bond donors (Lipinski definition) is 10. The molecule has 0 saturated carbocycles. The van der Waals surface area contributed by atoms with Crippen LogP contribution in [-0.4, -0.2) is 138 Å². The molecule has 27 heavy (non-hydrogen) atoms. The Morgan fingerprint density at radius 1 is 0.593 bits per heavy atom. The third-order valence-corrected chi connectivity index (χ3v) is 4.37. The molecule has 0 aliphatic heterocycles. The highest BCUT2D eigenvalue weighted by atomic mass is 16.4. The van der Waals surface area contributed by atoms with Crippen LogP contribution in [0.2, 0.25) is 0 Å². The van der Waals surface area contributed by atoms with Crippen molar-refractivity contribution in [2.75, 3.05) is 32.8 Å². The van der Waals surface area contributed by atoms with Gasteiger partial charge in [-0.05, 0) is 13.0 Å². The number of unbranched alkanes of at least 4 members (excludes halogenated alkanes) is 1. The Kier molecular flexibility index (Phi) is 13.5. The molecule has 0 saturated heterocycles. The van der Waals surface area contributed by atoms with Crippen molar-refractivity contribution in [1.29, 1.82) is 0 Å². The molecule has 0 amide bonds. The predicted octanol–water partition coefficient (Wildman–Crippen LogP) is -5.04. The van der Waals surface area contributed by atoms with E-state index in [1.54, 1.807) is 0 Å². The van der Waals surface area contributed by atoms with Gasteiger partial charge in [-0.1, -0.05) is 13.3 Å². The summed E-state index contributed by atoms with van der Waals surface area (Å²) in [4.78, 5) is 1.47. The van der Waals surface area contributed by atoms with Crippen LogP contribution in [0.1, 0.15) is 19.8 Å². The molecule has 0 aliphatic rings. The molecular weight excluding hydrogens is 366 g/mol. The van der Waals surface area contributed by atoms with Gasteiger partial charge in [0.15, 0.2) is 0 Å². The van der Waals surface area contributed by atoms with Gasteiger partial charge in [-0.2, -0.15) is 0 Å². The van der Waals surface area contributed by atoms with E-state index >= 15 is 0 Å². The van der Waals surface area contributed by atoms with E-state index in [0.717, 1.165) is 6.42 Å². The highest BCUT2D eigenvalue weighted by Crippen LogP contribution is 2.11. The molecule has 11 heteroatoms. The highest BCUT2D eigenvalue weighted by molar-refractivity contribution is 4.86. The molecule has 0 radical (unpaired) electrons. The first-order valence-corrected chi connectivity index (χ1v) is 8.99. The summed E-state index contributed by atoms with van der Waals surface area (Å²) in [5.41, 5.74) is 0. The molecule has 8 atom stereocenters. The van der Waals surface area contributed by atoms with Crippen molar-refractivity contribution < 1.29 is 51.1 Å². The van der Waals surface area contributed by atoms with Gasteiger partial charge in [-0.15, -0.1) is 0 Å². The second kappa shape index (κ2) is 13.7. The number of aliphatic hydroxyl groups excluding tert-OH is 10. The van der Waals surface area contributed by atoms with E-state index in [2.05, 4.69) is 0 Å². The summed E-state index contributed by atoms with van der Waals surface area (Å²) >= 11 is 0. The fraction of sp³-hybridized carbons (Fsp3) is 1.00. The second-order valence-corrected chi connectivity index (χ2v) is 6.71. The van der Waals surface area contributed by atoms with Crippen molar-refractivity contribution in [3.63, 3.8) is 0 Å². The molecule has 0 unspecified atom stereocenters. The summed E-state index contributed by atoms with van der Waals surface area (Å²) in [6.07, 6.45) is -12.0. The van der Waals surface area contributed by atoms with Gasteiger partial charge >= 0.3 is 0 Å². The summed E-state index contributed by atoms with van der Waals surface area (Å²) in [7, 11) is 0. The van der Waals surface area contributed by atoms with Gasteiger partial charge in [-0.25, -0.2) is 0 Å². The first kappa shape index (κ1) is 26.6. The minimum atomic E-state index is -1.78. The maximum atomic E-state index is 10.1. The van der Waals surface area contributed by atoms with Crippen LogP contribution in [0.15, 0.2) is 0 Å². The van der Waals surface area contributed by atoms with E-state index < -0.39 is 62.0 Å².